The van der Waals surface area contributed by atoms with Crippen molar-refractivity contribution in [2.45, 2.75) is 32.3 Å². The molecule has 18 heavy (non-hydrogen) atoms. The lowest BCUT2D eigenvalue weighted by Crippen LogP contribution is -2.06. The Morgan fingerprint density at radius 1 is 1.28 bits per heavy atom. The fourth-order valence-corrected chi connectivity index (χ4v) is 1.76. The molecule has 0 fully saturated rings. The van der Waals surface area contributed by atoms with Crippen molar-refractivity contribution in [3.8, 4) is 0 Å². The van der Waals surface area contributed by atoms with Crippen molar-refractivity contribution in [1.29, 1.82) is 0 Å². The van der Waals surface area contributed by atoms with Crippen LogP contribution >= 0.6 is 11.6 Å². The van der Waals surface area contributed by atoms with Crippen LogP contribution in [0.15, 0.2) is 6.07 Å². The first-order valence-electron chi connectivity index (χ1n) is 6.13. The third-order valence-electron chi connectivity index (χ3n) is 2.41. The maximum Gasteiger partial charge on any atom is 0.158 e. The van der Waals surface area contributed by atoms with E-state index in [2.05, 4.69) is 15.3 Å². The predicted molar refractivity (Wildman–Crippen MR) is 71.8 cm³/mol. The Labute approximate surface area is 113 Å². The zero-order valence-corrected chi connectivity index (χ0v) is 11.4. The van der Waals surface area contributed by atoms with Gasteiger partial charge in [0, 0.05) is 26.3 Å². The number of aliphatic hydroxyl groups is 1. The zero-order valence-electron chi connectivity index (χ0n) is 10.7. The van der Waals surface area contributed by atoms with E-state index in [1.54, 1.807) is 13.2 Å². The molecular formula is C12H20ClN3O2. The third kappa shape index (κ3) is 6.14. The summed E-state index contributed by atoms with van der Waals surface area (Å²) in [7, 11) is 1.60. The van der Waals surface area contributed by atoms with Gasteiger partial charge in [0.15, 0.2) is 5.82 Å². The van der Waals surface area contributed by atoms with Crippen molar-refractivity contribution < 1.29 is 9.84 Å². The van der Waals surface area contributed by atoms with Gasteiger partial charge in [0.1, 0.15) is 17.6 Å². The molecule has 1 aromatic rings. The van der Waals surface area contributed by atoms with Crippen LogP contribution in [0, 0.1) is 0 Å². The van der Waals surface area contributed by atoms with Gasteiger partial charge in [0.25, 0.3) is 0 Å². The summed E-state index contributed by atoms with van der Waals surface area (Å²) < 4.78 is 4.97. The molecule has 5 nitrogen and oxygen atoms in total. The highest BCUT2D eigenvalue weighted by Crippen LogP contribution is 2.12. The van der Waals surface area contributed by atoms with Crippen LogP contribution in [0.1, 0.15) is 31.5 Å². The molecule has 0 spiro atoms. The number of hydrogen-bond acceptors (Lipinski definition) is 5. The van der Waals surface area contributed by atoms with E-state index in [4.69, 9.17) is 21.4 Å². The van der Waals surface area contributed by atoms with E-state index in [1.807, 2.05) is 0 Å². The average molecular weight is 274 g/mol. The van der Waals surface area contributed by atoms with Crippen LogP contribution in [-0.2, 0) is 11.3 Å². The summed E-state index contributed by atoms with van der Waals surface area (Å²) in [6.45, 7) is 1.46. The van der Waals surface area contributed by atoms with Crippen LogP contribution in [-0.4, -0.2) is 35.3 Å². The number of ether oxygens (including phenoxy) is 1. The molecule has 0 saturated heterocycles. The van der Waals surface area contributed by atoms with Gasteiger partial charge in [-0.15, -0.1) is 0 Å². The standard InChI is InChI=1S/C12H20ClN3O2/c1-18-9-12-15-10(13)8-11(16-12)14-6-4-2-3-5-7-17/h8,17H,2-7,9H2,1H3,(H,14,15,16). The van der Waals surface area contributed by atoms with E-state index < -0.39 is 0 Å². The van der Waals surface area contributed by atoms with E-state index >= 15 is 0 Å². The second kappa shape index (κ2) is 9.08. The highest BCUT2D eigenvalue weighted by Gasteiger charge is 2.02. The van der Waals surface area contributed by atoms with Crippen molar-refractivity contribution in [2.24, 2.45) is 0 Å². The van der Waals surface area contributed by atoms with Crippen molar-refractivity contribution in [2.75, 3.05) is 25.6 Å². The highest BCUT2D eigenvalue weighted by molar-refractivity contribution is 6.29. The van der Waals surface area contributed by atoms with Crippen LogP contribution in [0.4, 0.5) is 5.82 Å². The van der Waals surface area contributed by atoms with Crippen molar-refractivity contribution in [1.82, 2.24) is 9.97 Å². The summed E-state index contributed by atoms with van der Waals surface area (Å²) in [6, 6.07) is 1.70. The van der Waals surface area contributed by atoms with Crippen LogP contribution in [0.3, 0.4) is 0 Å². The van der Waals surface area contributed by atoms with Gasteiger partial charge in [-0.1, -0.05) is 24.4 Å². The molecule has 0 radical (unpaired) electrons. The van der Waals surface area contributed by atoms with E-state index in [-0.39, 0.29) is 6.61 Å². The molecule has 0 aliphatic heterocycles. The first kappa shape index (κ1) is 15.1. The molecule has 0 aromatic carbocycles. The minimum atomic E-state index is 0.273. The van der Waals surface area contributed by atoms with Crippen molar-refractivity contribution in [3.05, 3.63) is 17.0 Å². The number of rotatable bonds is 9. The van der Waals surface area contributed by atoms with Gasteiger partial charge in [-0.05, 0) is 12.8 Å². The second-order valence-corrected chi connectivity index (χ2v) is 4.38. The first-order valence-corrected chi connectivity index (χ1v) is 6.51. The molecule has 0 aliphatic carbocycles. The number of unbranched alkanes of at least 4 members (excludes halogenated alkanes) is 3. The number of aromatic nitrogens is 2. The van der Waals surface area contributed by atoms with E-state index in [1.165, 1.54) is 0 Å². The number of hydrogen-bond donors (Lipinski definition) is 2. The molecule has 0 saturated carbocycles. The lowest BCUT2D eigenvalue weighted by Gasteiger charge is -2.07. The van der Waals surface area contributed by atoms with E-state index in [0.29, 0.717) is 17.6 Å². The Balaban J connectivity index is 2.32. The van der Waals surface area contributed by atoms with Crippen LogP contribution < -0.4 is 5.32 Å². The van der Waals surface area contributed by atoms with Crippen LogP contribution in [0.25, 0.3) is 0 Å². The number of halogens is 1. The Kier molecular flexibility index (Phi) is 7.64. The molecule has 0 amide bonds. The summed E-state index contributed by atoms with van der Waals surface area (Å²) >= 11 is 5.89. The quantitative estimate of drug-likeness (QED) is 0.533. The Morgan fingerprint density at radius 2 is 2.06 bits per heavy atom. The zero-order chi connectivity index (χ0) is 13.2. The minimum Gasteiger partial charge on any atom is -0.396 e. The molecule has 0 unspecified atom stereocenters. The maximum atomic E-state index is 8.65. The monoisotopic (exact) mass is 273 g/mol. The first-order chi connectivity index (χ1) is 8.76. The molecular weight excluding hydrogens is 254 g/mol. The molecule has 102 valence electrons. The molecule has 1 rings (SSSR count). The molecule has 1 aromatic heterocycles. The number of nitrogens with one attached hydrogen (secondary N) is 1. The minimum absolute atomic E-state index is 0.273. The lowest BCUT2D eigenvalue weighted by molar-refractivity contribution is 0.178. The van der Waals surface area contributed by atoms with E-state index in [0.717, 1.165) is 38.0 Å². The van der Waals surface area contributed by atoms with Gasteiger partial charge in [0.05, 0.1) is 0 Å². The summed E-state index contributed by atoms with van der Waals surface area (Å²) in [5, 5.41) is 12.3. The summed E-state index contributed by atoms with van der Waals surface area (Å²) in [4.78, 5) is 8.34. The molecule has 2 N–H and O–H groups in total. The smallest absolute Gasteiger partial charge is 0.158 e. The highest BCUT2D eigenvalue weighted by atomic mass is 35.5. The second-order valence-electron chi connectivity index (χ2n) is 3.99. The average Bonchev–Trinajstić information content (AvgIpc) is 2.33. The van der Waals surface area contributed by atoms with Gasteiger partial charge in [-0.2, -0.15) is 0 Å². The van der Waals surface area contributed by atoms with Crippen molar-refractivity contribution in [3.63, 3.8) is 0 Å². The largest absolute Gasteiger partial charge is 0.396 e. The SMILES string of the molecule is COCc1nc(Cl)cc(NCCCCCCO)n1. The Hall–Kier alpha value is -0.910. The summed E-state index contributed by atoms with van der Waals surface area (Å²) in [6.07, 6.45) is 4.06. The Morgan fingerprint density at radius 3 is 2.78 bits per heavy atom. The summed E-state index contributed by atoms with van der Waals surface area (Å²) in [5.74, 6) is 1.30. The summed E-state index contributed by atoms with van der Waals surface area (Å²) in [5.41, 5.74) is 0. The van der Waals surface area contributed by atoms with Crippen LogP contribution in [0.2, 0.25) is 5.15 Å². The van der Waals surface area contributed by atoms with Gasteiger partial charge < -0.3 is 15.2 Å². The molecule has 0 bridgehead atoms. The number of methoxy groups -OCH3 is 1. The Bertz CT molecular complexity index is 350. The number of aliphatic hydroxyl groups excluding tert-OH is 1. The van der Waals surface area contributed by atoms with Crippen molar-refractivity contribution >= 4 is 17.4 Å². The van der Waals surface area contributed by atoms with E-state index in [9.17, 15) is 0 Å². The van der Waals surface area contributed by atoms with Gasteiger partial charge >= 0.3 is 0 Å². The fourth-order valence-electron chi connectivity index (χ4n) is 1.56. The van der Waals surface area contributed by atoms with Gasteiger partial charge in [-0.25, -0.2) is 9.97 Å². The third-order valence-corrected chi connectivity index (χ3v) is 2.60. The molecule has 0 aliphatic rings. The number of anilines is 1. The molecule has 0 atom stereocenters. The number of nitrogens with zero attached hydrogens (tertiary/aromatic N) is 2. The van der Waals surface area contributed by atoms with Gasteiger partial charge in [-0.3, -0.25) is 0 Å². The maximum absolute atomic E-state index is 8.65. The molecule has 6 heteroatoms. The normalized spacial score (nSPS) is 10.6. The van der Waals surface area contributed by atoms with Gasteiger partial charge in [0.2, 0.25) is 0 Å². The lowest BCUT2D eigenvalue weighted by atomic mass is 10.2. The fraction of sp³-hybridized carbons (Fsp3) is 0.667. The van der Waals surface area contributed by atoms with Crippen LogP contribution in [0.5, 0.6) is 0 Å². The molecule has 1 heterocycles. The topological polar surface area (TPSA) is 67.3 Å². The predicted octanol–water partition coefficient (Wildman–Crippen LogP) is 2.24.